The molecule has 0 aliphatic carbocycles. The van der Waals surface area contributed by atoms with Crippen LogP contribution in [0.2, 0.25) is 0 Å². The Morgan fingerprint density at radius 2 is 1.91 bits per heavy atom. The van der Waals surface area contributed by atoms with Gasteiger partial charge in [0.25, 0.3) is 0 Å². The number of aromatic nitrogens is 8. The first-order valence-electron chi connectivity index (χ1n) is 11.1. The van der Waals surface area contributed by atoms with Gasteiger partial charge in [0.1, 0.15) is 17.7 Å². The fourth-order valence-corrected chi connectivity index (χ4v) is 4.09. The smallest absolute Gasteiger partial charge is 0.153 e. The number of aliphatic hydroxyl groups is 1. The zero-order chi connectivity index (χ0) is 23.9. The number of aromatic amines is 1. The molecule has 2 aromatic carbocycles. The van der Waals surface area contributed by atoms with Crippen LogP contribution in [0.1, 0.15) is 24.3 Å². The van der Waals surface area contributed by atoms with E-state index < -0.39 is 6.10 Å². The molecule has 1 atom stereocenters. The van der Waals surface area contributed by atoms with Gasteiger partial charge >= 0.3 is 0 Å². The Morgan fingerprint density at radius 1 is 1.00 bits per heavy atom. The van der Waals surface area contributed by atoms with E-state index in [0.717, 1.165) is 33.5 Å². The molecule has 0 amide bonds. The lowest BCUT2D eigenvalue weighted by molar-refractivity contribution is 0.199. The standard InChI is InChI=1S/C25H21N9O/c1-14-6-10-22(31-29-14)27-16-7-9-21-20(12-16)26-13-34(21)23-11-8-17(15(2)35)24(28-23)18-4-3-5-19-25(18)32-33-30-19/h3-13,15,35H,1-2H3,(H,27,31)(H,30,32,33). The summed E-state index contributed by atoms with van der Waals surface area (Å²) in [6.45, 7) is 3.62. The SMILES string of the molecule is Cc1ccc(Nc2ccc3c(c2)ncn3-c2ccc(C(C)O)c(-c3cccc4[nH]nnc34)n2)nn1. The molecule has 3 N–H and O–H groups in total. The highest BCUT2D eigenvalue weighted by molar-refractivity contribution is 5.91. The van der Waals surface area contributed by atoms with E-state index in [0.29, 0.717) is 28.4 Å². The van der Waals surface area contributed by atoms with E-state index in [9.17, 15) is 5.11 Å². The van der Waals surface area contributed by atoms with E-state index in [-0.39, 0.29) is 0 Å². The minimum atomic E-state index is -0.702. The van der Waals surface area contributed by atoms with Gasteiger partial charge in [-0.15, -0.1) is 10.2 Å². The van der Waals surface area contributed by atoms with Crippen molar-refractivity contribution in [3.63, 3.8) is 0 Å². The van der Waals surface area contributed by atoms with Gasteiger partial charge in [0.05, 0.1) is 34.0 Å². The number of nitrogens with one attached hydrogen (secondary N) is 2. The average molecular weight is 464 g/mol. The van der Waals surface area contributed by atoms with E-state index in [1.54, 1.807) is 13.3 Å². The molecule has 0 aliphatic rings. The van der Waals surface area contributed by atoms with Gasteiger partial charge in [-0.2, -0.15) is 5.10 Å². The predicted octanol–water partition coefficient (Wildman–Crippen LogP) is 4.25. The number of pyridine rings is 1. The maximum atomic E-state index is 10.4. The molecule has 0 saturated carbocycles. The van der Waals surface area contributed by atoms with E-state index >= 15 is 0 Å². The molecule has 0 bridgehead atoms. The minimum absolute atomic E-state index is 0.648. The van der Waals surface area contributed by atoms with Crippen molar-refractivity contribution in [2.75, 3.05) is 5.32 Å². The molecule has 6 rings (SSSR count). The van der Waals surface area contributed by atoms with Crippen LogP contribution in [0, 0.1) is 6.92 Å². The van der Waals surface area contributed by atoms with Crippen molar-refractivity contribution >= 4 is 33.6 Å². The van der Waals surface area contributed by atoms with Gasteiger partial charge in [0.2, 0.25) is 0 Å². The average Bonchev–Trinajstić information content (AvgIpc) is 3.52. The number of hydrogen-bond acceptors (Lipinski definition) is 8. The highest BCUT2D eigenvalue weighted by Gasteiger charge is 2.18. The Balaban J connectivity index is 1.42. The van der Waals surface area contributed by atoms with Crippen LogP contribution < -0.4 is 5.32 Å². The van der Waals surface area contributed by atoms with Crippen LogP contribution in [0.3, 0.4) is 0 Å². The van der Waals surface area contributed by atoms with Crippen LogP contribution in [-0.2, 0) is 0 Å². The summed E-state index contributed by atoms with van der Waals surface area (Å²) in [6, 6.07) is 19.2. The van der Waals surface area contributed by atoms with E-state index in [4.69, 9.17) is 4.98 Å². The minimum Gasteiger partial charge on any atom is -0.389 e. The topological polar surface area (TPSA) is 130 Å². The summed E-state index contributed by atoms with van der Waals surface area (Å²) >= 11 is 0. The molecule has 0 aliphatic heterocycles. The summed E-state index contributed by atoms with van der Waals surface area (Å²) in [4.78, 5) is 9.52. The van der Waals surface area contributed by atoms with Crippen molar-refractivity contribution in [3.8, 4) is 17.1 Å². The van der Waals surface area contributed by atoms with Crippen molar-refractivity contribution in [2.24, 2.45) is 0 Å². The third kappa shape index (κ3) is 3.75. The summed E-state index contributed by atoms with van der Waals surface area (Å²) in [5.74, 6) is 1.34. The Labute approximate surface area is 199 Å². The quantitative estimate of drug-likeness (QED) is 0.346. The monoisotopic (exact) mass is 463 g/mol. The summed E-state index contributed by atoms with van der Waals surface area (Å²) in [5.41, 5.74) is 7.07. The summed E-state index contributed by atoms with van der Waals surface area (Å²) in [6.07, 6.45) is 1.04. The molecule has 0 fully saturated rings. The predicted molar refractivity (Wildman–Crippen MR) is 132 cm³/mol. The first-order chi connectivity index (χ1) is 17.1. The largest absolute Gasteiger partial charge is 0.389 e. The van der Waals surface area contributed by atoms with Crippen molar-refractivity contribution in [3.05, 3.63) is 78.2 Å². The lowest BCUT2D eigenvalue weighted by Gasteiger charge is -2.14. The first-order valence-corrected chi connectivity index (χ1v) is 11.1. The van der Waals surface area contributed by atoms with Gasteiger partial charge in [-0.1, -0.05) is 23.4 Å². The Morgan fingerprint density at radius 3 is 2.74 bits per heavy atom. The number of fused-ring (bicyclic) bond motifs is 2. The Kier molecular flexibility index (Phi) is 4.93. The zero-order valence-corrected chi connectivity index (χ0v) is 19.0. The van der Waals surface area contributed by atoms with Crippen molar-refractivity contribution < 1.29 is 5.11 Å². The lowest BCUT2D eigenvalue weighted by Crippen LogP contribution is -2.03. The van der Waals surface area contributed by atoms with E-state index in [1.165, 1.54) is 0 Å². The highest BCUT2D eigenvalue weighted by atomic mass is 16.3. The molecular weight excluding hydrogens is 442 g/mol. The number of imidazole rings is 1. The van der Waals surface area contributed by atoms with Crippen LogP contribution >= 0.6 is 0 Å². The second-order valence-corrected chi connectivity index (χ2v) is 8.30. The van der Waals surface area contributed by atoms with Crippen molar-refractivity contribution in [1.82, 2.24) is 40.1 Å². The maximum Gasteiger partial charge on any atom is 0.153 e. The number of H-pyrrole nitrogens is 1. The van der Waals surface area contributed by atoms with Gasteiger partial charge in [0.15, 0.2) is 5.82 Å². The Bertz CT molecular complexity index is 1670. The number of rotatable bonds is 5. The summed E-state index contributed by atoms with van der Waals surface area (Å²) < 4.78 is 1.92. The molecule has 4 heterocycles. The molecule has 4 aromatic heterocycles. The molecule has 0 saturated heterocycles. The normalized spacial score (nSPS) is 12.3. The van der Waals surface area contributed by atoms with Gasteiger partial charge < -0.3 is 10.4 Å². The molecule has 10 nitrogen and oxygen atoms in total. The number of nitrogens with zero attached hydrogens (tertiary/aromatic N) is 7. The molecule has 0 spiro atoms. The van der Waals surface area contributed by atoms with Crippen LogP contribution in [0.5, 0.6) is 0 Å². The first kappa shape index (κ1) is 20.9. The third-order valence-corrected chi connectivity index (χ3v) is 5.84. The van der Waals surface area contributed by atoms with Gasteiger partial charge in [-0.3, -0.25) is 9.67 Å². The van der Waals surface area contributed by atoms with Crippen LogP contribution in [0.25, 0.3) is 39.1 Å². The number of anilines is 2. The maximum absolute atomic E-state index is 10.4. The zero-order valence-electron chi connectivity index (χ0n) is 19.0. The molecule has 172 valence electrons. The number of aliphatic hydroxyl groups excluding tert-OH is 1. The van der Waals surface area contributed by atoms with Gasteiger partial charge in [-0.25, -0.2) is 9.97 Å². The fraction of sp³-hybridized carbons (Fsp3) is 0.120. The molecule has 1 unspecified atom stereocenters. The molecule has 10 heteroatoms. The van der Waals surface area contributed by atoms with Crippen LogP contribution in [0.15, 0.2) is 67.0 Å². The van der Waals surface area contributed by atoms with Gasteiger partial charge in [0, 0.05) is 16.8 Å². The number of hydrogen-bond donors (Lipinski definition) is 3. The number of aryl methyl sites for hydroxylation is 1. The van der Waals surface area contributed by atoms with Crippen molar-refractivity contribution in [2.45, 2.75) is 20.0 Å². The molecule has 6 aromatic rings. The summed E-state index contributed by atoms with van der Waals surface area (Å²) in [5, 5.41) is 33.0. The molecule has 35 heavy (non-hydrogen) atoms. The number of benzene rings is 2. The second kappa shape index (κ2) is 8.26. The Hall–Kier alpha value is -4.70. The molecule has 0 radical (unpaired) electrons. The van der Waals surface area contributed by atoms with Gasteiger partial charge in [-0.05, 0) is 56.3 Å². The van der Waals surface area contributed by atoms with Crippen LogP contribution in [-0.4, -0.2) is 45.2 Å². The van der Waals surface area contributed by atoms with Crippen LogP contribution in [0.4, 0.5) is 11.5 Å². The van der Waals surface area contributed by atoms with E-state index in [1.807, 2.05) is 72.2 Å². The summed E-state index contributed by atoms with van der Waals surface area (Å²) in [7, 11) is 0. The molecular formula is C25H21N9O. The third-order valence-electron chi connectivity index (χ3n) is 5.84. The lowest BCUT2D eigenvalue weighted by atomic mass is 10.0. The highest BCUT2D eigenvalue weighted by Crippen LogP contribution is 2.32. The fourth-order valence-electron chi connectivity index (χ4n) is 4.09. The second-order valence-electron chi connectivity index (χ2n) is 8.30. The van der Waals surface area contributed by atoms with Crippen molar-refractivity contribution in [1.29, 1.82) is 0 Å². The van der Waals surface area contributed by atoms with E-state index in [2.05, 4.69) is 35.9 Å².